The Kier molecular flexibility index (Phi) is 6.29. The average molecular weight is 353 g/mol. The van der Waals surface area contributed by atoms with Crippen LogP contribution in [0.25, 0.3) is 0 Å². The van der Waals surface area contributed by atoms with Crippen LogP contribution in [0, 0.1) is 6.92 Å². The maximum Gasteiger partial charge on any atom is 0.240 e. The van der Waals surface area contributed by atoms with Crippen molar-refractivity contribution in [3.8, 4) is 0 Å². The number of hydrogen-bond donors (Lipinski definition) is 2. The molecule has 2 aliphatic rings. The zero-order valence-electron chi connectivity index (χ0n) is 14.5. The Bertz CT molecular complexity index is 564. The monoisotopic (exact) mass is 352 g/mol. The Hall–Kier alpha value is -1.10. The summed E-state index contributed by atoms with van der Waals surface area (Å²) in [6.45, 7) is 3.97. The minimum absolute atomic E-state index is 0. The zero-order valence-corrected chi connectivity index (χ0v) is 15.3. The molecule has 0 unspecified atom stereocenters. The lowest BCUT2D eigenvalue weighted by Crippen LogP contribution is -2.58. The van der Waals surface area contributed by atoms with Gasteiger partial charge in [-0.15, -0.1) is 12.4 Å². The van der Waals surface area contributed by atoms with Crippen LogP contribution in [0.2, 0.25) is 0 Å². The summed E-state index contributed by atoms with van der Waals surface area (Å²) in [6, 6.07) is 8.72. The zero-order chi connectivity index (χ0) is 16.3. The fraction of sp³-hybridized carbons (Fsp3) is 0.632. The predicted molar refractivity (Wildman–Crippen MR) is 98.6 cm³/mol. The number of benzene rings is 1. The molecule has 24 heavy (non-hydrogen) atoms. The van der Waals surface area contributed by atoms with E-state index in [9.17, 15) is 4.79 Å². The molecule has 1 aromatic rings. The fourth-order valence-corrected chi connectivity index (χ4v) is 3.98. The van der Waals surface area contributed by atoms with E-state index in [1.54, 1.807) is 0 Å². The molecule has 1 aliphatic carbocycles. The number of aryl methyl sites for hydroxylation is 1. The van der Waals surface area contributed by atoms with Crippen molar-refractivity contribution >= 4 is 18.3 Å². The van der Waals surface area contributed by atoms with Gasteiger partial charge in [-0.1, -0.05) is 42.7 Å². The van der Waals surface area contributed by atoms with Gasteiger partial charge in [0.2, 0.25) is 5.91 Å². The summed E-state index contributed by atoms with van der Waals surface area (Å²) in [5, 5.41) is 3.17. The molecule has 0 atom stereocenters. The first-order valence-corrected chi connectivity index (χ1v) is 8.76. The van der Waals surface area contributed by atoms with E-state index in [-0.39, 0.29) is 23.7 Å². The third kappa shape index (κ3) is 3.93. The second-order valence-corrected chi connectivity index (χ2v) is 7.31. The highest BCUT2D eigenvalue weighted by Gasteiger charge is 2.40. The number of rotatable bonds is 4. The summed E-state index contributed by atoms with van der Waals surface area (Å²) < 4.78 is 5.34. The molecule has 4 nitrogen and oxygen atoms in total. The molecule has 1 aromatic carbocycles. The Morgan fingerprint density at radius 2 is 1.88 bits per heavy atom. The third-order valence-corrected chi connectivity index (χ3v) is 5.62. The number of ether oxygens (including phenoxy) is 1. The lowest BCUT2D eigenvalue weighted by molar-refractivity contribution is -0.130. The highest BCUT2D eigenvalue weighted by molar-refractivity contribution is 5.86. The van der Waals surface area contributed by atoms with Crippen LogP contribution < -0.4 is 11.1 Å². The summed E-state index contributed by atoms with van der Waals surface area (Å²) in [6.07, 6.45) is 5.94. The number of nitrogens with two attached hydrogens (primary N) is 1. The minimum Gasteiger partial charge on any atom is -0.381 e. The Balaban J connectivity index is 0.00000208. The van der Waals surface area contributed by atoms with Gasteiger partial charge in [-0.2, -0.15) is 0 Å². The number of hydrogen-bond acceptors (Lipinski definition) is 3. The van der Waals surface area contributed by atoms with E-state index in [2.05, 4.69) is 36.5 Å². The van der Waals surface area contributed by atoms with Crippen molar-refractivity contribution in [2.24, 2.45) is 5.73 Å². The first-order valence-electron chi connectivity index (χ1n) is 8.76. The van der Waals surface area contributed by atoms with Crippen molar-refractivity contribution in [3.05, 3.63) is 35.4 Å². The summed E-state index contributed by atoms with van der Waals surface area (Å²) in [5.74, 6) is -0.0141. The molecule has 1 aliphatic heterocycles. The number of amides is 1. The first-order chi connectivity index (χ1) is 11.0. The second-order valence-electron chi connectivity index (χ2n) is 7.31. The quantitative estimate of drug-likeness (QED) is 0.875. The van der Waals surface area contributed by atoms with Gasteiger partial charge in [0, 0.05) is 25.2 Å². The van der Waals surface area contributed by atoms with Gasteiger partial charge in [-0.05, 0) is 38.2 Å². The van der Waals surface area contributed by atoms with Crippen LogP contribution in [0.15, 0.2) is 24.3 Å². The molecule has 1 heterocycles. The topological polar surface area (TPSA) is 64.4 Å². The molecule has 0 radical (unpaired) electrons. The smallest absolute Gasteiger partial charge is 0.240 e. The number of halogens is 1. The Morgan fingerprint density at radius 1 is 1.21 bits per heavy atom. The van der Waals surface area contributed by atoms with E-state index >= 15 is 0 Å². The maximum atomic E-state index is 12.6. The van der Waals surface area contributed by atoms with Crippen molar-refractivity contribution in [1.29, 1.82) is 0 Å². The Morgan fingerprint density at radius 3 is 2.50 bits per heavy atom. The van der Waals surface area contributed by atoms with Crippen LogP contribution in [0.4, 0.5) is 0 Å². The summed E-state index contributed by atoms with van der Waals surface area (Å²) in [5.41, 5.74) is 8.25. The van der Waals surface area contributed by atoms with E-state index in [0.717, 1.165) is 12.8 Å². The first kappa shape index (κ1) is 19.2. The van der Waals surface area contributed by atoms with E-state index < -0.39 is 5.54 Å². The van der Waals surface area contributed by atoms with Crippen LogP contribution in [0.5, 0.6) is 0 Å². The van der Waals surface area contributed by atoms with Gasteiger partial charge in [0.05, 0.1) is 5.54 Å². The van der Waals surface area contributed by atoms with E-state index in [4.69, 9.17) is 10.5 Å². The van der Waals surface area contributed by atoms with E-state index in [1.165, 1.54) is 24.0 Å². The molecule has 1 amide bonds. The Labute approximate surface area is 150 Å². The number of carbonyl (C=O) groups is 1. The largest absolute Gasteiger partial charge is 0.381 e. The molecule has 1 saturated carbocycles. The normalized spacial score (nSPS) is 21.8. The molecule has 134 valence electrons. The fourth-order valence-electron chi connectivity index (χ4n) is 3.98. The molecular formula is C19H29ClN2O2. The van der Waals surface area contributed by atoms with Gasteiger partial charge in [0.25, 0.3) is 0 Å². The highest BCUT2D eigenvalue weighted by Crippen LogP contribution is 2.41. The molecule has 1 saturated heterocycles. The van der Waals surface area contributed by atoms with Gasteiger partial charge in [0.1, 0.15) is 0 Å². The van der Waals surface area contributed by atoms with Crippen molar-refractivity contribution in [3.63, 3.8) is 0 Å². The SMILES string of the molecule is Cc1cccc(C2(CNC(=O)C3(N)CCOCC3)CCCC2)c1.Cl. The summed E-state index contributed by atoms with van der Waals surface area (Å²) in [4.78, 5) is 12.6. The second kappa shape index (κ2) is 7.85. The van der Waals surface area contributed by atoms with Crippen molar-refractivity contribution in [2.45, 2.75) is 56.4 Å². The van der Waals surface area contributed by atoms with Gasteiger partial charge in [-0.3, -0.25) is 4.79 Å². The minimum atomic E-state index is -0.759. The van der Waals surface area contributed by atoms with Crippen LogP contribution in [-0.2, 0) is 14.9 Å². The van der Waals surface area contributed by atoms with Gasteiger partial charge in [-0.25, -0.2) is 0 Å². The van der Waals surface area contributed by atoms with Crippen molar-refractivity contribution in [1.82, 2.24) is 5.32 Å². The van der Waals surface area contributed by atoms with E-state index in [1.807, 2.05) is 0 Å². The molecule has 0 bridgehead atoms. The van der Waals surface area contributed by atoms with Crippen LogP contribution in [0.1, 0.15) is 49.7 Å². The van der Waals surface area contributed by atoms with Crippen molar-refractivity contribution in [2.75, 3.05) is 19.8 Å². The van der Waals surface area contributed by atoms with Crippen LogP contribution >= 0.6 is 12.4 Å². The molecule has 3 N–H and O–H groups in total. The summed E-state index contributed by atoms with van der Waals surface area (Å²) in [7, 11) is 0. The molecule has 5 heteroatoms. The van der Waals surface area contributed by atoms with Gasteiger partial charge in [0.15, 0.2) is 0 Å². The van der Waals surface area contributed by atoms with Crippen LogP contribution in [0.3, 0.4) is 0 Å². The lowest BCUT2D eigenvalue weighted by Gasteiger charge is -2.35. The lowest BCUT2D eigenvalue weighted by atomic mass is 9.78. The average Bonchev–Trinajstić information content (AvgIpc) is 3.03. The summed E-state index contributed by atoms with van der Waals surface area (Å²) >= 11 is 0. The number of nitrogens with one attached hydrogen (secondary N) is 1. The predicted octanol–water partition coefficient (Wildman–Crippen LogP) is 2.85. The standard InChI is InChI=1S/C19H28N2O2.ClH/c1-15-5-4-6-16(13-15)18(7-2-3-8-18)14-21-17(22)19(20)9-11-23-12-10-19;/h4-6,13H,2-3,7-12,14,20H2,1H3,(H,21,22);1H. The van der Waals surface area contributed by atoms with Gasteiger partial charge >= 0.3 is 0 Å². The molecular weight excluding hydrogens is 324 g/mol. The van der Waals surface area contributed by atoms with E-state index in [0.29, 0.717) is 32.6 Å². The maximum absolute atomic E-state index is 12.6. The van der Waals surface area contributed by atoms with Gasteiger partial charge < -0.3 is 15.8 Å². The molecule has 0 aromatic heterocycles. The van der Waals surface area contributed by atoms with Crippen molar-refractivity contribution < 1.29 is 9.53 Å². The number of carbonyl (C=O) groups excluding carboxylic acids is 1. The van der Waals surface area contributed by atoms with Crippen LogP contribution in [-0.4, -0.2) is 31.2 Å². The highest BCUT2D eigenvalue weighted by atomic mass is 35.5. The molecule has 2 fully saturated rings. The molecule has 3 rings (SSSR count). The third-order valence-electron chi connectivity index (χ3n) is 5.62. The molecule has 0 spiro atoms.